The smallest absolute Gasteiger partial charge is 0.361 e. The Bertz CT molecular complexity index is 717. The largest absolute Gasteiger partial charge is 0.461 e. The Morgan fingerprint density at radius 3 is 2.81 bits per heavy atom. The van der Waals surface area contributed by atoms with Crippen LogP contribution >= 0.6 is 0 Å². The van der Waals surface area contributed by atoms with E-state index >= 15 is 0 Å². The second kappa shape index (κ2) is 5.78. The second-order valence-corrected chi connectivity index (χ2v) is 4.66. The van der Waals surface area contributed by atoms with Crippen LogP contribution < -0.4 is 11.3 Å². The van der Waals surface area contributed by atoms with Crippen molar-refractivity contribution in [3.8, 4) is 5.82 Å². The molecule has 2 heterocycles. The molecule has 0 aliphatic carbocycles. The molecule has 0 aliphatic heterocycles. The molecule has 0 amide bonds. The van der Waals surface area contributed by atoms with E-state index in [1.807, 2.05) is 13.8 Å². The highest BCUT2D eigenvalue weighted by atomic mass is 16.5. The van der Waals surface area contributed by atoms with Crippen molar-refractivity contribution >= 4 is 11.7 Å². The third kappa shape index (κ3) is 2.78. The molecule has 8 nitrogen and oxygen atoms in total. The van der Waals surface area contributed by atoms with E-state index < -0.39 is 5.97 Å². The fraction of sp³-hybridized carbons (Fsp3) is 0.385. The van der Waals surface area contributed by atoms with E-state index in [-0.39, 0.29) is 35.4 Å². The molecule has 0 bridgehead atoms. The zero-order chi connectivity index (χ0) is 15.6. The minimum Gasteiger partial charge on any atom is -0.461 e. The molecule has 0 unspecified atom stereocenters. The van der Waals surface area contributed by atoms with Crippen LogP contribution in [0.2, 0.25) is 0 Å². The minimum atomic E-state index is -0.631. The lowest BCUT2D eigenvalue weighted by atomic mass is 10.4. The van der Waals surface area contributed by atoms with Gasteiger partial charge in [-0.15, -0.1) is 0 Å². The zero-order valence-corrected chi connectivity index (χ0v) is 12.1. The molecule has 0 atom stereocenters. The molecule has 8 heteroatoms. The number of aromatic nitrogens is 4. The molecule has 2 aromatic heterocycles. The van der Waals surface area contributed by atoms with Crippen LogP contribution in [0, 0.1) is 0 Å². The normalized spacial score (nSPS) is 10.9. The lowest BCUT2D eigenvalue weighted by molar-refractivity contribution is 0.0520. The maximum atomic E-state index is 12.3. The quantitative estimate of drug-likeness (QED) is 0.834. The summed E-state index contributed by atoms with van der Waals surface area (Å²) in [5.74, 6) is -0.553. The summed E-state index contributed by atoms with van der Waals surface area (Å²) in [5.41, 5.74) is 5.53. The molecule has 0 saturated carbocycles. The van der Waals surface area contributed by atoms with Crippen LogP contribution in [0.25, 0.3) is 5.82 Å². The summed E-state index contributed by atoms with van der Waals surface area (Å²) in [6.45, 7) is 5.67. The van der Waals surface area contributed by atoms with E-state index in [0.717, 1.165) is 0 Å². The van der Waals surface area contributed by atoms with E-state index in [2.05, 4.69) is 10.1 Å². The average Bonchev–Trinajstić information content (AvgIpc) is 2.81. The van der Waals surface area contributed by atoms with Crippen molar-refractivity contribution in [1.29, 1.82) is 0 Å². The first-order chi connectivity index (χ1) is 9.95. The van der Waals surface area contributed by atoms with Gasteiger partial charge >= 0.3 is 5.97 Å². The Balaban J connectivity index is 2.49. The van der Waals surface area contributed by atoms with E-state index in [1.54, 1.807) is 13.1 Å². The number of ether oxygens (including phenoxy) is 1. The van der Waals surface area contributed by atoms with Crippen LogP contribution in [0.15, 0.2) is 23.4 Å². The van der Waals surface area contributed by atoms with Gasteiger partial charge in [-0.2, -0.15) is 5.10 Å². The number of nitrogen functional groups attached to an aromatic ring is 1. The molecule has 0 radical (unpaired) electrons. The lowest BCUT2D eigenvalue weighted by Crippen LogP contribution is -2.26. The van der Waals surface area contributed by atoms with Crippen LogP contribution in [-0.2, 0) is 4.74 Å². The molecule has 0 aliphatic rings. The topological polar surface area (TPSA) is 105 Å². The predicted octanol–water partition coefficient (Wildman–Crippen LogP) is 0.769. The van der Waals surface area contributed by atoms with Crippen LogP contribution in [0.1, 0.15) is 37.3 Å². The SMILES string of the molecule is CCOC(=O)c1nn(-c2nccn(C(C)C)c2=O)cc1N. The van der Waals surface area contributed by atoms with Gasteiger partial charge in [-0.05, 0) is 20.8 Å². The van der Waals surface area contributed by atoms with E-state index in [4.69, 9.17) is 10.5 Å². The minimum absolute atomic E-state index is 0.0170. The first-order valence-corrected chi connectivity index (χ1v) is 6.55. The van der Waals surface area contributed by atoms with Crippen LogP contribution in [-0.4, -0.2) is 31.9 Å². The first kappa shape index (κ1) is 14.8. The molecular weight excluding hydrogens is 274 g/mol. The third-order valence-electron chi connectivity index (χ3n) is 2.83. The number of esters is 1. The van der Waals surface area contributed by atoms with Crippen LogP contribution in [0.5, 0.6) is 0 Å². The van der Waals surface area contributed by atoms with Crippen molar-refractivity contribution in [2.75, 3.05) is 12.3 Å². The predicted molar refractivity (Wildman–Crippen MR) is 76.4 cm³/mol. The fourth-order valence-corrected chi connectivity index (χ4v) is 1.83. The lowest BCUT2D eigenvalue weighted by Gasteiger charge is -2.10. The van der Waals surface area contributed by atoms with Gasteiger partial charge in [0.2, 0.25) is 5.82 Å². The Morgan fingerprint density at radius 2 is 2.19 bits per heavy atom. The number of carbonyl (C=O) groups is 1. The summed E-state index contributed by atoms with van der Waals surface area (Å²) >= 11 is 0. The van der Waals surface area contributed by atoms with Crippen LogP contribution in [0.3, 0.4) is 0 Å². The first-order valence-electron chi connectivity index (χ1n) is 6.55. The van der Waals surface area contributed by atoms with Gasteiger partial charge in [-0.1, -0.05) is 0 Å². The van der Waals surface area contributed by atoms with Gasteiger partial charge < -0.3 is 15.0 Å². The van der Waals surface area contributed by atoms with E-state index in [0.29, 0.717) is 0 Å². The van der Waals surface area contributed by atoms with Crippen molar-refractivity contribution < 1.29 is 9.53 Å². The highest BCUT2D eigenvalue weighted by molar-refractivity contribution is 5.92. The Hall–Kier alpha value is -2.64. The number of nitrogens with two attached hydrogens (primary N) is 1. The number of rotatable bonds is 4. The monoisotopic (exact) mass is 291 g/mol. The molecule has 0 spiro atoms. The molecule has 0 saturated heterocycles. The highest BCUT2D eigenvalue weighted by Crippen LogP contribution is 2.12. The summed E-state index contributed by atoms with van der Waals surface area (Å²) in [6.07, 6.45) is 4.47. The molecule has 2 aromatic rings. The highest BCUT2D eigenvalue weighted by Gasteiger charge is 2.19. The van der Waals surface area contributed by atoms with Gasteiger partial charge in [0, 0.05) is 18.4 Å². The number of carbonyl (C=O) groups excluding carboxylic acids is 1. The molecule has 0 fully saturated rings. The van der Waals surface area contributed by atoms with Crippen molar-refractivity contribution in [3.63, 3.8) is 0 Å². The Kier molecular flexibility index (Phi) is 4.06. The van der Waals surface area contributed by atoms with Crippen molar-refractivity contribution in [2.45, 2.75) is 26.8 Å². The maximum absolute atomic E-state index is 12.3. The molecule has 21 heavy (non-hydrogen) atoms. The van der Waals surface area contributed by atoms with Gasteiger partial charge in [-0.25, -0.2) is 14.5 Å². The Labute approximate surface area is 121 Å². The van der Waals surface area contributed by atoms with Gasteiger partial charge in [0.05, 0.1) is 18.5 Å². The summed E-state index contributed by atoms with van der Waals surface area (Å²) in [4.78, 5) is 28.0. The number of nitrogens with zero attached hydrogens (tertiary/aromatic N) is 4. The molecule has 2 rings (SSSR count). The zero-order valence-electron chi connectivity index (χ0n) is 12.1. The van der Waals surface area contributed by atoms with Crippen molar-refractivity contribution in [1.82, 2.24) is 19.3 Å². The van der Waals surface area contributed by atoms with Gasteiger partial charge in [-0.3, -0.25) is 4.79 Å². The van der Waals surface area contributed by atoms with Gasteiger partial charge in [0.15, 0.2) is 5.69 Å². The molecular formula is C13H17N5O3. The summed E-state index contributed by atoms with van der Waals surface area (Å²) in [5, 5.41) is 4.00. The van der Waals surface area contributed by atoms with E-state index in [1.165, 1.54) is 21.6 Å². The average molecular weight is 291 g/mol. The van der Waals surface area contributed by atoms with Crippen molar-refractivity contribution in [2.24, 2.45) is 0 Å². The standard InChI is InChI=1S/C13H17N5O3/c1-4-21-13(20)10-9(14)7-18(16-10)11-12(19)17(8(2)3)6-5-15-11/h5-8H,4,14H2,1-3H3. The van der Waals surface area contributed by atoms with Gasteiger partial charge in [0.1, 0.15) is 0 Å². The fourth-order valence-electron chi connectivity index (χ4n) is 1.83. The van der Waals surface area contributed by atoms with Gasteiger partial charge in [0.25, 0.3) is 5.56 Å². The summed E-state index contributed by atoms with van der Waals surface area (Å²) < 4.78 is 7.57. The van der Waals surface area contributed by atoms with Crippen molar-refractivity contribution in [3.05, 3.63) is 34.6 Å². The number of anilines is 1. The molecule has 0 aromatic carbocycles. The van der Waals surface area contributed by atoms with Crippen LogP contribution in [0.4, 0.5) is 5.69 Å². The Morgan fingerprint density at radius 1 is 1.48 bits per heavy atom. The number of hydrogen-bond donors (Lipinski definition) is 1. The summed E-state index contributed by atoms with van der Waals surface area (Å²) in [6, 6.07) is -0.0170. The maximum Gasteiger partial charge on any atom is 0.361 e. The summed E-state index contributed by atoms with van der Waals surface area (Å²) in [7, 11) is 0. The third-order valence-corrected chi connectivity index (χ3v) is 2.83. The molecule has 112 valence electrons. The van der Waals surface area contributed by atoms with E-state index in [9.17, 15) is 9.59 Å². The second-order valence-electron chi connectivity index (χ2n) is 4.66. The number of hydrogen-bond acceptors (Lipinski definition) is 6. The molecule has 2 N–H and O–H groups in total.